The van der Waals surface area contributed by atoms with Crippen molar-refractivity contribution in [2.75, 3.05) is 11.8 Å². The SMILES string of the molecule is COC(=O)c1cc(S(=O)(=O)Nc2cc(Cl)ccc2C(N)=O)c[nH]1. The maximum absolute atomic E-state index is 12.3. The molecule has 10 heteroatoms. The van der Waals surface area contributed by atoms with Gasteiger partial charge in [0.25, 0.3) is 15.9 Å². The molecule has 4 N–H and O–H groups in total. The van der Waals surface area contributed by atoms with E-state index in [4.69, 9.17) is 17.3 Å². The molecule has 0 aliphatic rings. The van der Waals surface area contributed by atoms with E-state index in [9.17, 15) is 18.0 Å². The van der Waals surface area contributed by atoms with E-state index in [0.717, 1.165) is 12.3 Å². The van der Waals surface area contributed by atoms with Crippen molar-refractivity contribution < 1.29 is 22.7 Å². The molecule has 0 atom stereocenters. The number of nitrogens with one attached hydrogen (secondary N) is 2. The second-order valence-electron chi connectivity index (χ2n) is 4.40. The Bertz CT molecular complexity index is 875. The molecule has 0 radical (unpaired) electrons. The predicted octanol–water partition coefficient (Wildman–Crippen LogP) is 1.35. The lowest BCUT2D eigenvalue weighted by atomic mass is 10.2. The Hall–Kier alpha value is -2.52. The maximum atomic E-state index is 12.3. The Kier molecular flexibility index (Phi) is 4.62. The fraction of sp³-hybridized carbons (Fsp3) is 0.0769. The number of methoxy groups -OCH3 is 1. The van der Waals surface area contributed by atoms with Crippen LogP contribution in [0.2, 0.25) is 5.02 Å². The summed E-state index contributed by atoms with van der Waals surface area (Å²) in [5.41, 5.74) is 5.06. The van der Waals surface area contributed by atoms with E-state index in [1.165, 1.54) is 25.3 Å². The molecule has 0 spiro atoms. The summed E-state index contributed by atoms with van der Waals surface area (Å²) >= 11 is 5.81. The summed E-state index contributed by atoms with van der Waals surface area (Å²) in [5, 5.41) is 0.219. The molecule has 122 valence electrons. The first-order valence-electron chi connectivity index (χ1n) is 6.13. The number of H-pyrrole nitrogens is 1. The zero-order chi connectivity index (χ0) is 17.2. The highest BCUT2D eigenvalue weighted by atomic mass is 35.5. The third-order valence-corrected chi connectivity index (χ3v) is 4.44. The molecule has 8 nitrogen and oxygen atoms in total. The number of nitrogens with two attached hydrogens (primary N) is 1. The molecule has 2 aromatic rings. The Balaban J connectivity index is 2.39. The number of benzene rings is 1. The van der Waals surface area contributed by atoms with Crippen LogP contribution in [0.3, 0.4) is 0 Å². The Morgan fingerprint density at radius 1 is 1.30 bits per heavy atom. The van der Waals surface area contributed by atoms with Crippen molar-refractivity contribution in [2.45, 2.75) is 4.90 Å². The number of carbonyl (C=O) groups excluding carboxylic acids is 2. The quantitative estimate of drug-likeness (QED) is 0.695. The van der Waals surface area contributed by atoms with Gasteiger partial charge >= 0.3 is 5.97 Å². The fourth-order valence-corrected chi connectivity index (χ4v) is 3.01. The van der Waals surface area contributed by atoms with Crippen LogP contribution in [0.15, 0.2) is 35.4 Å². The van der Waals surface area contributed by atoms with Crippen molar-refractivity contribution >= 4 is 39.2 Å². The van der Waals surface area contributed by atoms with E-state index < -0.39 is 21.9 Å². The number of amides is 1. The first-order valence-corrected chi connectivity index (χ1v) is 7.99. The van der Waals surface area contributed by atoms with Crippen LogP contribution in [0, 0.1) is 0 Å². The van der Waals surface area contributed by atoms with Gasteiger partial charge in [0, 0.05) is 11.2 Å². The lowest BCUT2D eigenvalue weighted by Crippen LogP contribution is -2.18. The van der Waals surface area contributed by atoms with Gasteiger partial charge in [0.05, 0.1) is 18.4 Å². The summed E-state index contributed by atoms with van der Waals surface area (Å²) < 4.78 is 31.4. The highest BCUT2D eigenvalue weighted by Gasteiger charge is 2.21. The largest absolute Gasteiger partial charge is 0.464 e. The molecule has 0 bridgehead atoms. The molecule has 0 saturated carbocycles. The van der Waals surface area contributed by atoms with Crippen LogP contribution in [-0.4, -0.2) is 32.4 Å². The number of carbonyl (C=O) groups is 2. The van der Waals surface area contributed by atoms with Crippen LogP contribution < -0.4 is 10.5 Å². The minimum absolute atomic E-state index is 0.0332. The van der Waals surface area contributed by atoms with Gasteiger partial charge in [-0.2, -0.15) is 0 Å². The van der Waals surface area contributed by atoms with Crippen molar-refractivity contribution in [3.63, 3.8) is 0 Å². The highest BCUT2D eigenvalue weighted by molar-refractivity contribution is 7.92. The van der Waals surface area contributed by atoms with Crippen LogP contribution in [0.1, 0.15) is 20.8 Å². The third-order valence-electron chi connectivity index (χ3n) is 2.86. The molecule has 2 rings (SSSR count). The van der Waals surface area contributed by atoms with Gasteiger partial charge in [-0.25, -0.2) is 13.2 Å². The van der Waals surface area contributed by atoms with Gasteiger partial charge in [0.2, 0.25) is 0 Å². The summed E-state index contributed by atoms with van der Waals surface area (Å²) in [5.74, 6) is -1.53. The van der Waals surface area contributed by atoms with E-state index >= 15 is 0 Å². The molecule has 23 heavy (non-hydrogen) atoms. The van der Waals surface area contributed by atoms with E-state index in [1.807, 2.05) is 0 Å². The van der Waals surface area contributed by atoms with Crippen molar-refractivity contribution in [3.05, 3.63) is 46.7 Å². The molecule has 0 unspecified atom stereocenters. The number of rotatable bonds is 5. The highest BCUT2D eigenvalue weighted by Crippen LogP contribution is 2.24. The van der Waals surface area contributed by atoms with Gasteiger partial charge in [-0.3, -0.25) is 9.52 Å². The second-order valence-corrected chi connectivity index (χ2v) is 6.52. The zero-order valence-corrected chi connectivity index (χ0v) is 13.4. The summed E-state index contributed by atoms with van der Waals surface area (Å²) in [4.78, 5) is 25.0. The van der Waals surface area contributed by atoms with Crippen LogP contribution in [0.25, 0.3) is 0 Å². The summed E-state index contributed by atoms with van der Waals surface area (Å²) in [6, 6.07) is 5.07. The predicted molar refractivity (Wildman–Crippen MR) is 82.9 cm³/mol. The normalized spacial score (nSPS) is 11.0. The minimum Gasteiger partial charge on any atom is -0.464 e. The minimum atomic E-state index is -4.06. The molecule has 0 fully saturated rings. The number of halogens is 1. The van der Waals surface area contributed by atoms with Gasteiger partial charge in [-0.05, 0) is 24.3 Å². The van der Waals surface area contributed by atoms with E-state index in [-0.39, 0.29) is 26.9 Å². The van der Waals surface area contributed by atoms with Gasteiger partial charge < -0.3 is 15.5 Å². The van der Waals surface area contributed by atoms with E-state index in [2.05, 4.69) is 14.4 Å². The average molecular weight is 358 g/mol. The maximum Gasteiger partial charge on any atom is 0.354 e. The number of hydrogen-bond donors (Lipinski definition) is 3. The molecule has 1 aromatic heterocycles. The van der Waals surface area contributed by atoms with E-state index in [0.29, 0.717) is 0 Å². The molecule has 0 aliphatic heterocycles. The number of aromatic amines is 1. The molecule has 1 aromatic carbocycles. The van der Waals surface area contributed by atoms with Crippen LogP contribution in [-0.2, 0) is 14.8 Å². The molecule has 1 amide bonds. The number of hydrogen-bond acceptors (Lipinski definition) is 5. The Morgan fingerprint density at radius 2 is 2.00 bits per heavy atom. The number of anilines is 1. The first-order chi connectivity index (χ1) is 10.7. The molecule has 1 heterocycles. The van der Waals surface area contributed by atoms with Crippen LogP contribution >= 0.6 is 11.6 Å². The first kappa shape index (κ1) is 16.8. The summed E-state index contributed by atoms with van der Waals surface area (Å²) in [6.45, 7) is 0. The number of primary amides is 1. The standard InChI is InChI=1S/C13H12ClN3O5S/c1-22-13(19)11-5-8(6-16-11)23(20,21)17-10-4-7(14)2-3-9(10)12(15)18/h2-6,16-17H,1H3,(H2,15,18). The van der Waals surface area contributed by atoms with Gasteiger partial charge in [0.15, 0.2) is 0 Å². The fourth-order valence-electron chi connectivity index (χ4n) is 1.78. The van der Waals surface area contributed by atoms with E-state index in [1.54, 1.807) is 0 Å². The number of aromatic nitrogens is 1. The molecular weight excluding hydrogens is 346 g/mol. The molecule has 0 saturated heterocycles. The monoisotopic (exact) mass is 357 g/mol. The average Bonchev–Trinajstić information content (AvgIpc) is 2.96. The molecular formula is C13H12ClN3O5S. The molecule has 0 aliphatic carbocycles. The third kappa shape index (κ3) is 3.63. The summed E-state index contributed by atoms with van der Waals surface area (Å²) in [6.07, 6.45) is 1.11. The number of esters is 1. The van der Waals surface area contributed by atoms with Gasteiger partial charge in [0.1, 0.15) is 10.6 Å². The Morgan fingerprint density at radius 3 is 2.61 bits per heavy atom. The van der Waals surface area contributed by atoms with Crippen molar-refractivity contribution in [1.82, 2.24) is 4.98 Å². The Labute approximate surface area is 136 Å². The second kappa shape index (κ2) is 6.31. The zero-order valence-electron chi connectivity index (χ0n) is 11.8. The van der Waals surface area contributed by atoms with Gasteiger partial charge in [-0.1, -0.05) is 11.6 Å². The number of sulfonamides is 1. The lowest BCUT2D eigenvalue weighted by Gasteiger charge is -2.10. The van der Waals surface area contributed by atoms with Crippen molar-refractivity contribution in [2.24, 2.45) is 5.73 Å². The van der Waals surface area contributed by atoms with Crippen LogP contribution in [0.5, 0.6) is 0 Å². The van der Waals surface area contributed by atoms with Crippen LogP contribution in [0.4, 0.5) is 5.69 Å². The van der Waals surface area contributed by atoms with Gasteiger partial charge in [-0.15, -0.1) is 0 Å². The van der Waals surface area contributed by atoms with Crippen molar-refractivity contribution in [1.29, 1.82) is 0 Å². The lowest BCUT2D eigenvalue weighted by molar-refractivity contribution is 0.0594. The smallest absolute Gasteiger partial charge is 0.354 e. The topological polar surface area (TPSA) is 131 Å². The summed E-state index contributed by atoms with van der Waals surface area (Å²) in [7, 11) is -2.90. The number of ether oxygens (including phenoxy) is 1. The van der Waals surface area contributed by atoms with Crippen molar-refractivity contribution in [3.8, 4) is 0 Å².